The van der Waals surface area contributed by atoms with Crippen molar-refractivity contribution in [2.75, 3.05) is 7.11 Å². The van der Waals surface area contributed by atoms with Crippen LogP contribution in [0, 0.1) is 0 Å². The van der Waals surface area contributed by atoms with E-state index in [-0.39, 0.29) is 19.4 Å². The van der Waals surface area contributed by atoms with Gasteiger partial charge in [-0.1, -0.05) is 78.9 Å². The summed E-state index contributed by atoms with van der Waals surface area (Å²) in [4.78, 5) is 41.8. The minimum atomic E-state index is -0.971. The number of aromatic amines is 1. The summed E-state index contributed by atoms with van der Waals surface area (Å²) in [5.41, 5.74) is 3.46. The normalized spacial score (nSPS) is 12.4. The second-order valence-electron chi connectivity index (χ2n) is 8.60. The van der Waals surface area contributed by atoms with E-state index in [9.17, 15) is 14.4 Å². The molecule has 0 spiro atoms. The molecule has 1 aromatic heterocycles. The number of rotatable bonds is 10. The first-order chi connectivity index (χ1) is 18.0. The van der Waals surface area contributed by atoms with Gasteiger partial charge in [0.1, 0.15) is 18.7 Å². The molecule has 190 valence electrons. The summed E-state index contributed by atoms with van der Waals surface area (Å²) < 4.78 is 10.3. The SMILES string of the molecule is COC(=O)[C@@H](Cc1c[nH]c2ccccc12)NC(=O)[C@@H](Cc1ccccc1)NC(=O)OCc1ccccc1. The van der Waals surface area contributed by atoms with Gasteiger partial charge < -0.3 is 25.1 Å². The quantitative estimate of drug-likeness (QED) is 0.287. The average Bonchev–Trinajstić information content (AvgIpc) is 3.34. The minimum absolute atomic E-state index is 0.0672. The number of nitrogens with one attached hydrogen (secondary N) is 3. The first kappa shape index (κ1) is 25.5. The number of aromatic nitrogens is 1. The van der Waals surface area contributed by atoms with Gasteiger partial charge in [0.2, 0.25) is 5.91 Å². The molecule has 0 aliphatic carbocycles. The average molecular weight is 500 g/mol. The molecule has 0 aliphatic rings. The lowest BCUT2D eigenvalue weighted by Crippen LogP contribution is -2.53. The van der Waals surface area contributed by atoms with Crippen molar-refractivity contribution in [2.45, 2.75) is 31.5 Å². The Labute approximate surface area is 215 Å². The Morgan fingerprint density at radius 1 is 0.784 bits per heavy atom. The molecule has 0 fully saturated rings. The van der Waals surface area contributed by atoms with E-state index in [0.29, 0.717) is 0 Å². The van der Waals surface area contributed by atoms with Crippen molar-refractivity contribution in [3.8, 4) is 0 Å². The molecule has 0 saturated heterocycles. The monoisotopic (exact) mass is 499 g/mol. The Hall–Kier alpha value is -4.59. The standard InChI is InChI=1S/C29H29N3O5/c1-36-28(34)26(17-22-18-30-24-15-9-8-14-23(22)24)31-27(33)25(16-20-10-4-2-5-11-20)32-29(35)37-19-21-12-6-3-7-13-21/h2-15,18,25-26,30H,16-17,19H2,1H3,(H,31,33)(H,32,35)/t25-,26-/m1/s1. The van der Waals surface area contributed by atoms with Gasteiger partial charge in [0, 0.05) is 29.9 Å². The minimum Gasteiger partial charge on any atom is -0.467 e. The topological polar surface area (TPSA) is 110 Å². The number of carbonyl (C=O) groups excluding carboxylic acids is 3. The number of alkyl carbamates (subject to hydrolysis) is 1. The Kier molecular flexibility index (Phi) is 8.54. The Morgan fingerprint density at radius 2 is 1.43 bits per heavy atom. The van der Waals surface area contributed by atoms with E-state index in [1.807, 2.05) is 91.1 Å². The van der Waals surface area contributed by atoms with Gasteiger partial charge in [-0.05, 0) is 22.8 Å². The maximum absolute atomic E-state index is 13.4. The number of H-pyrrole nitrogens is 1. The van der Waals surface area contributed by atoms with E-state index < -0.39 is 30.1 Å². The molecule has 0 unspecified atom stereocenters. The fraction of sp³-hybridized carbons (Fsp3) is 0.207. The highest BCUT2D eigenvalue weighted by atomic mass is 16.5. The van der Waals surface area contributed by atoms with Gasteiger partial charge >= 0.3 is 12.1 Å². The van der Waals surface area contributed by atoms with Crippen LogP contribution in [0.5, 0.6) is 0 Å². The molecule has 0 saturated carbocycles. The van der Waals surface area contributed by atoms with Crippen LogP contribution in [-0.4, -0.2) is 42.1 Å². The van der Waals surface area contributed by atoms with E-state index in [0.717, 1.165) is 27.6 Å². The number of hydrogen-bond donors (Lipinski definition) is 3. The summed E-state index contributed by atoms with van der Waals surface area (Å²) in [6, 6.07) is 24.3. The van der Waals surface area contributed by atoms with Crippen LogP contribution < -0.4 is 10.6 Å². The number of fused-ring (bicyclic) bond motifs is 1. The first-order valence-electron chi connectivity index (χ1n) is 12.0. The van der Waals surface area contributed by atoms with Crippen molar-refractivity contribution < 1.29 is 23.9 Å². The molecule has 4 aromatic rings. The summed E-state index contributed by atoms with van der Waals surface area (Å²) in [6.45, 7) is 0.0672. The molecule has 2 amide bonds. The van der Waals surface area contributed by atoms with Crippen LogP contribution in [-0.2, 0) is 38.5 Å². The molecular weight excluding hydrogens is 470 g/mol. The number of carbonyl (C=O) groups is 3. The molecule has 0 aliphatic heterocycles. The summed E-state index contributed by atoms with van der Waals surface area (Å²) in [5, 5.41) is 6.38. The lowest BCUT2D eigenvalue weighted by Gasteiger charge is -2.22. The molecule has 4 rings (SSSR count). The Balaban J connectivity index is 1.48. The number of hydrogen-bond acceptors (Lipinski definition) is 5. The predicted octanol–water partition coefficient (Wildman–Crippen LogP) is 3.91. The summed E-state index contributed by atoms with van der Waals surface area (Å²) in [7, 11) is 1.28. The van der Waals surface area contributed by atoms with Crippen molar-refractivity contribution in [1.29, 1.82) is 0 Å². The first-order valence-corrected chi connectivity index (χ1v) is 12.0. The number of benzene rings is 3. The van der Waals surface area contributed by atoms with Crippen molar-refractivity contribution >= 4 is 28.9 Å². The summed E-state index contributed by atoms with van der Waals surface area (Å²) in [5.74, 6) is -1.10. The Morgan fingerprint density at radius 3 is 2.14 bits per heavy atom. The number of para-hydroxylation sites is 1. The number of esters is 1. The van der Waals surface area contributed by atoms with Gasteiger partial charge in [-0.15, -0.1) is 0 Å². The van der Waals surface area contributed by atoms with Crippen LogP contribution in [0.1, 0.15) is 16.7 Å². The molecule has 8 heteroatoms. The van der Waals surface area contributed by atoms with Gasteiger partial charge in [0.25, 0.3) is 0 Å². The molecule has 3 N–H and O–H groups in total. The zero-order valence-corrected chi connectivity index (χ0v) is 20.5. The van der Waals surface area contributed by atoms with Crippen molar-refractivity contribution in [3.63, 3.8) is 0 Å². The number of methoxy groups -OCH3 is 1. The highest BCUT2D eigenvalue weighted by Crippen LogP contribution is 2.19. The van der Waals surface area contributed by atoms with Gasteiger partial charge in [-0.2, -0.15) is 0 Å². The van der Waals surface area contributed by atoms with E-state index in [2.05, 4.69) is 15.6 Å². The lowest BCUT2D eigenvalue weighted by molar-refractivity contribution is -0.145. The van der Waals surface area contributed by atoms with Crippen LogP contribution in [0.3, 0.4) is 0 Å². The van der Waals surface area contributed by atoms with E-state index in [1.165, 1.54) is 7.11 Å². The molecule has 1 heterocycles. The highest BCUT2D eigenvalue weighted by Gasteiger charge is 2.29. The molecule has 3 aromatic carbocycles. The Bertz CT molecular complexity index is 1340. The summed E-state index contributed by atoms with van der Waals surface area (Å²) in [6.07, 6.45) is 1.52. The van der Waals surface area contributed by atoms with E-state index in [1.54, 1.807) is 0 Å². The van der Waals surface area contributed by atoms with Crippen LogP contribution in [0.15, 0.2) is 91.1 Å². The third-order valence-electron chi connectivity index (χ3n) is 6.01. The van der Waals surface area contributed by atoms with Gasteiger partial charge in [0.15, 0.2) is 0 Å². The number of ether oxygens (including phenoxy) is 2. The van der Waals surface area contributed by atoms with Crippen LogP contribution in [0.25, 0.3) is 10.9 Å². The zero-order chi connectivity index (χ0) is 26.0. The van der Waals surface area contributed by atoms with Gasteiger partial charge in [-0.3, -0.25) is 4.79 Å². The molecule has 0 bridgehead atoms. The molecule has 0 radical (unpaired) electrons. The van der Waals surface area contributed by atoms with Crippen molar-refractivity contribution in [2.24, 2.45) is 0 Å². The molecule has 8 nitrogen and oxygen atoms in total. The maximum atomic E-state index is 13.4. The van der Waals surface area contributed by atoms with Crippen LogP contribution in [0.4, 0.5) is 4.79 Å². The third kappa shape index (κ3) is 6.98. The van der Waals surface area contributed by atoms with Gasteiger partial charge in [-0.25, -0.2) is 9.59 Å². The van der Waals surface area contributed by atoms with Crippen molar-refractivity contribution in [1.82, 2.24) is 15.6 Å². The highest BCUT2D eigenvalue weighted by molar-refractivity contribution is 5.91. The molecule has 37 heavy (non-hydrogen) atoms. The smallest absolute Gasteiger partial charge is 0.408 e. The fourth-order valence-corrected chi connectivity index (χ4v) is 4.09. The lowest BCUT2D eigenvalue weighted by atomic mass is 10.0. The molecular formula is C29H29N3O5. The number of amides is 2. The van der Waals surface area contributed by atoms with Crippen molar-refractivity contribution in [3.05, 3.63) is 108 Å². The van der Waals surface area contributed by atoms with Crippen LogP contribution >= 0.6 is 0 Å². The maximum Gasteiger partial charge on any atom is 0.408 e. The predicted molar refractivity (Wildman–Crippen MR) is 140 cm³/mol. The molecule has 2 atom stereocenters. The second kappa shape index (κ2) is 12.4. The largest absolute Gasteiger partial charge is 0.467 e. The zero-order valence-electron chi connectivity index (χ0n) is 20.5. The third-order valence-corrected chi connectivity index (χ3v) is 6.01. The second-order valence-corrected chi connectivity index (χ2v) is 8.60. The summed E-state index contributed by atoms with van der Waals surface area (Å²) >= 11 is 0. The van der Waals surface area contributed by atoms with E-state index in [4.69, 9.17) is 9.47 Å². The van der Waals surface area contributed by atoms with Crippen LogP contribution in [0.2, 0.25) is 0 Å². The van der Waals surface area contributed by atoms with Gasteiger partial charge in [0.05, 0.1) is 7.11 Å². The fourth-order valence-electron chi connectivity index (χ4n) is 4.09. The van der Waals surface area contributed by atoms with E-state index >= 15 is 0 Å².